The van der Waals surface area contributed by atoms with Crippen molar-refractivity contribution in [3.8, 4) is 34.8 Å². The first-order valence-corrected chi connectivity index (χ1v) is 10.2. The summed E-state index contributed by atoms with van der Waals surface area (Å²) >= 11 is 2.89. The third-order valence-corrected chi connectivity index (χ3v) is 3.89. The number of halogens is 1. The van der Waals surface area contributed by atoms with Crippen LogP contribution in [0.2, 0.25) is 0 Å². The van der Waals surface area contributed by atoms with Crippen LogP contribution < -0.4 is 14.2 Å². The second-order valence-electron chi connectivity index (χ2n) is 5.58. The molecule has 0 saturated carbocycles. The van der Waals surface area contributed by atoms with E-state index < -0.39 is 11.9 Å². The molecule has 11 nitrogen and oxygen atoms in total. The van der Waals surface area contributed by atoms with Gasteiger partial charge in [-0.15, -0.1) is 0 Å². The van der Waals surface area contributed by atoms with Gasteiger partial charge in [0.05, 0.1) is 39.8 Å². The maximum Gasteiger partial charge on any atom is 0.357 e. The molecule has 0 fully saturated rings. The molecule has 0 amide bonds. The summed E-state index contributed by atoms with van der Waals surface area (Å²) in [6, 6.07) is 8.81. The van der Waals surface area contributed by atoms with Gasteiger partial charge in [-0.1, -0.05) is 15.9 Å². The molecule has 0 atom stereocenters. The zero-order valence-electron chi connectivity index (χ0n) is 18.8. The highest BCUT2D eigenvalue weighted by atomic mass is 79.9. The van der Waals surface area contributed by atoms with Gasteiger partial charge in [0.25, 0.3) is 0 Å². The maximum absolute atomic E-state index is 11.4. The van der Waals surface area contributed by atoms with E-state index in [4.69, 9.17) is 31.2 Å². The Bertz CT molecular complexity index is 1050. The smallest absolute Gasteiger partial charge is 0.357 e. The van der Waals surface area contributed by atoms with Crippen molar-refractivity contribution in [1.29, 1.82) is 5.26 Å². The summed E-state index contributed by atoms with van der Waals surface area (Å²) in [6.45, 7) is 6.35. The molecule has 0 aliphatic carbocycles. The van der Waals surface area contributed by atoms with Crippen LogP contribution in [0, 0.1) is 17.9 Å². The van der Waals surface area contributed by atoms with Gasteiger partial charge >= 0.3 is 18.7 Å². The van der Waals surface area contributed by atoms with Crippen LogP contribution in [0.5, 0.6) is 28.7 Å². The average Bonchev–Trinajstić information content (AvgIpc) is 2.87. The molecule has 0 saturated heterocycles. The number of alkyl halides is 1. The standard InChI is InChI=1S/C11H11NO5.C9H10O4.C2H2BrN/c1-12-6-17-8-5-4-7(11(14)16-3)10(15-2)9(8)13;1-12-8-5-6(10)3-4-7(8)9(11)13-2;3-1-2-4/h4-5,13H,6H2,2-3H3;3-5,10H,1-2H3;1H2. The van der Waals surface area contributed by atoms with E-state index in [1.54, 1.807) is 0 Å². The summed E-state index contributed by atoms with van der Waals surface area (Å²) in [5.74, 6) is -1.08. The highest BCUT2D eigenvalue weighted by Crippen LogP contribution is 2.39. The Morgan fingerprint density at radius 1 is 1.00 bits per heavy atom. The molecular weight excluding hydrogens is 516 g/mol. The number of phenolic OH excluding ortho intramolecular Hbond substituents is 2. The van der Waals surface area contributed by atoms with Gasteiger partial charge in [-0.3, -0.25) is 4.85 Å². The van der Waals surface area contributed by atoms with E-state index in [2.05, 4.69) is 30.2 Å². The minimum Gasteiger partial charge on any atom is -0.508 e. The molecule has 34 heavy (non-hydrogen) atoms. The van der Waals surface area contributed by atoms with Gasteiger partial charge < -0.3 is 33.9 Å². The van der Waals surface area contributed by atoms with Crippen molar-refractivity contribution in [2.45, 2.75) is 0 Å². The lowest BCUT2D eigenvalue weighted by Gasteiger charge is -2.11. The molecule has 0 aliphatic heterocycles. The van der Waals surface area contributed by atoms with Crippen LogP contribution in [-0.4, -0.2) is 62.7 Å². The van der Waals surface area contributed by atoms with Crippen LogP contribution >= 0.6 is 15.9 Å². The monoisotopic (exact) mass is 538 g/mol. The number of methoxy groups -OCH3 is 4. The molecule has 2 aromatic rings. The second-order valence-corrected chi connectivity index (χ2v) is 6.14. The van der Waals surface area contributed by atoms with E-state index >= 15 is 0 Å². The summed E-state index contributed by atoms with van der Waals surface area (Å²) < 4.78 is 23.8. The Morgan fingerprint density at radius 2 is 1.56 bits per heavy atom. The predicted octanol–water partition coefficient (Wildman–Crippen LogP) is 3.54. The van der Waals surface area contributed by atoms with Crippen molar-refractivity contribution < 1.29 is 43.5 Å². The van der Waals surface area contributed by atoms with Crippen molar-refractivity contribution >= 4 is 27.9 Å². The summed E-state index contributed by atoms with van der Waals surface area (Å²) in [7, 11) is 5.23. The summed E-state index contributed by atoms with van der Waals surface area (Å²) in [5.41, 5.74) is 0.380. The van der Waals surface area contributed by atoms with Crippen LogP contribution in [0.1, 0.15) is 20.7 Å². The summed E-state index contributed by atoms with van der Waals surface area (Å²) in [6.07, 6.45) is 0. The molecule has 2 rings (SSSR count). The molecule has 2 N–H and O–H groups in total. The average molecular weight is 539 g/mol. The van der Waals surface area contributed by atoms with Gasteiger partial charge in [0.1, 0.15) is 22.6 Å². The zero-order chi connectivity index (χ0) is 26.1. The quantitative estimate of drug-likeness (QED) is 0.317. The first-order valence-electron chi connectivity index (χ1n) is 9.08. The summed E-state index contributed by atoms with van der Waals surface area (Å²) in [4.78, 5) is 25.5. The number of carbonyl (C=O) groups excluding carboxylic acids is 2. The Kier molecular flexibility index (Phi) is 14.5. The fourth-order valence-corrected chi connectivity index (χ4v) is 2.21. The first kappa shape index (κ1) is 29.8. The van der Waals surface area contributed by atoms with E-state index in [-0.39, 0.29) is 35.3 Å². The number of nitrogens with zero attached hydrogens (tertiary/aromatic N) is 2. The lowest BCUT2D eigenvalue weighted by Crippen LogP contribution is -2.05. The number of nitriles is 1. The molecule has 2 aromatic carbocycles. The number of rotatable bonds is 6. The molecule has 0 unspecified atom stereocenters. The van der Waals surface area contributed by atoms with E-state index in [1.165, 1.54) is 58.8 Å². The lowest BCUT2D eigenvalue weighted by molar-refractivity contribution is 0.0587. The second kappa shape index (κ2) is 16.5. The SMILES string of the molecule is COC(=O)c1ccc(O)cc1OC.N#CCBr.[C-]#[N+]COc1ccc(C(=O)OC)c(OC)c1O. The highest BCUT2D eigenvalue weighted by molar-refractivity contribution is 9.09. The zero-order valence-corrected chi connectivity index (χ0v) is 20.4. The van der Waals surface area contributed by atoms with Crippen molar-refractivity contribution in [1.82, 2.24) is 0 Å². The summed E-state index contributed by atoms with van der Waals surface area (Å²) in [5, 5.41) is 26.9. The number of phenols is 2. The Labute approximate surface area is 204 Å². The first-order chi connectivity index (χ1) is 16.2. The minimum atomic E-state index is -0.631. The fourth-order valence-electron chi connectivity index (χ4n) is 2.21. The Hall–Kier alpha value is -4.16. The van der Waals surface area contributed by atoms with Gasteiger partial charge in [-0.05, 0) is 24.3 Å². The van der Waals surface area contributed by atoms with Crippen LogP contribution in [0.3, 0.4) is 0 Å². The fraction of sp³-hybridized carbons (Fsp3) is 0.273. The van der Waals surface area contributed by atoms with Gasteiger partial charge in [0, 0.05) is 6.07 Å². The molecule has 0 bridgehead atoms. The Morgan fingerprint density at radius 3 is 2.03 bits per heavy atom. The largest absolute Gasteiger partial charge is 0.508 e. The Balaban J connectivity index is 0.000000567. The van der Waals surface area contributed by atoms with Gasteiger partial charge in [-0.25, -0.2) is 16.2 Å². The van der Waals surface area contributed by atoms with Gasteiger partial charge in [-0.2, -0.15) is 5.26 Å². The topological polar surface area (TPSA) is 149 Å². The maximum atomic E-state index is 11.4. The number of hydrogen-bond donors (Lipinski definition) is 2. The van der Waals surface area contributed by atoms with Gasteiger partial charge in [0.2, 0.25) is 5.75 Å². The number of benzene rings is 2. The van der Waals surface area contributed by atoms with Crippen molar-refractivity contribution in [3.63, 3.8) is 0 Å². The van der Waals surface area contributed by atoms with E-state index in [0.717, 1.165) is 0 Å². The van der Waals surface area contributed by atoms with E-state index in [1.807, 2.05) is 6.07 Å². The molecule has 0 heterocycles. The number of esters is 2. The third kappa shape index (κ3) is 9.14. The number of hydrogen-bond acceptors (Lipinski definition) is 10. The predicted molar refractivity (Wildman–Crippen MR) is 124 cm³/mol. The lowest BCUT2D eigenvalue weighted by atomic mass is 10.1. The van der Waals surface area contributed by atoms with Crippen molar-refractivity contribution in [2.75, 3.05) is 40.5 Å². The molecule has 182 valence electrons. The third-order valence-electron chi connectivity index (χ3n) is 3.64. The molecule has 0 radical (unpaired) electrons. The van der Waals surface area contributed by atoms with Crippen LogP contribution in [-0.2, 0) is 9.47 Å². The van der Waals surface area contributed by atoms with Crippen molar-refractivity contribution in [2.24, 2.45) is 0 Å². The number of carbonyl (C=O) groups is 2. The number of aromatic hydroxyl groups is 2. The molecule has 0 aromatic heterocycles. The van der Waals surface area contributed by atoms with Crippen molar-refractivity contribution in [3.05, 3.63) is 52.9 Å². The molecule has 0 aliphatic rings. The molecule has 0 spiro atoms. The van der Waals surface area contributed by atoms with Crippen LogP contribution in [0.25, 0.3) is 4.85 Å². The minimum absolute atomic E-state index is 0.0423. The van der Waals surface area contributed by atoms with E-state index in [9.17, 15) is 14.7 Å². The molecular formula is C22H23BrN2O9. The van der Waals surface area contributed by atoms with E-state index in [0.29, 0.717) is 16.6 Å². The highest BCUT2D eigenvalue weighted by Gasteiger charge is 2.20. The van der Waals surface area contributed by atoms with Crippen LogP contribution in [0.15, 0.2) is 30.3 Å². The number of ether oxygens (including phenoxy) is 5. The molecule has 12 heteroatoms. The normalized spacial score (nSPS) is 8.79. The van der Waals surface area contributed by atoms with Gasteiger partial charge in [0.15, 0.2) is 11.5 Å². The van der Waals surface area contributed by atoms with Crippen LogP contribution in [0.4, 0.5) is 0 Å².